The maximum atomic E-state index is 10.5. The fraction of sp³-hybridized carbons (Fsp3) is 0.0714. The van der Waals surface area contributed by atoms with E-state index >= 15 is 0 Å². The zero-order chi connectivity index (χ0) is 14.8. The number of aromatic nitrogens is 2. The first-order valence-corrected chi connectivity index (χ1v) is 7.02. The third-order valence-electron chi connectivity index (χ3n) is 2.94. The van der Waals surface area contributed by atoms with E-state index in [0.29, 0.717) is 5.76 Å². The molecule has 7 heteroatoms. The molecule has 0 atom stereocenters. The lowest BCUT2D eigenvalue weighted by atomic mass is 10.3. The van der Waals surface area contributed by atoms with E-state index < -0.39 is 4.92 Å². The van der Waals surface area contributed by atoms with Gasteiger partial charge in [0, 0.05) is 7.05 Å². The van der Waals surface area contributed by atoms with Crippen molar-refractivity contribution in [3.8, 4) is 0 Å². The highest BCUT2D eigenvalue weighted by molar-refractivity contribution is 8.02. The molecule has 0 fully saturated rings. The summed E-state index contributed by atoms with van der Waals surface area (Å²) in [6.07, 6.45) is 1.68. The normalized spacial score (nSPS) is 11.5. The van der Waals surface area contributed by atoms with E-state index in [1.165, 1.54) is 17.8 Å². The Labute approximate surface area is 124 Å². The van der Waals surface area contributed by atoms with Crippen molar-refractivity contribution in [2.45, 2.75) is 5.16 Å². The summed E-state index contributed by atoms with van der Waals surface area (Å²) in [4.78, 5) is 14.5. The largest absolute Gasteiger partial charge is 0.433 e. The number of aryl methyl sites for hydroxylation is 1. The molecule has 0 saturated carbocycles. The number of nitro groups is 1. The van der Waals surface area contributed by atoms with Crippen molar-refractivity contribution in [2.24, 2.45) is 7.05 Å². The number of thioether (sulfide) groups is 1. The minimum Gasteiger partial charge on any atom is -0.401 e. The zero-order valence-electron chi connectivity index (χ0n) is 11.1. The molecule has 0 spiro atoms. The molecule has 0 aliphatic rings. The van der Waals surface area contributed by atoms with Crippen LogP contribution in [0.2, 0.25) is 0 Å². The molecule has 0 aliphatic carbocycles. The van der Waals surface area contributed by atoms with Crippen LogP contribution in [0.25, 0.3) is 17.1 Å². The fourth-order valence-electron chi connectivity index (χ4n) is 1.92. The van der Waals surface area contributed by atoms with Crippen LogP contribution in [0.15, 0.2) is 51.4 Å². The van der Waals surface area contributed by atoms with Gasteiger partial charge in [-0.15, -0.1) is 0 Å². The average molecular weight is 301 g/mol. The Balaban J connectivity index is 1.77. The van der Waals surface area contributed by atoms with Crippen LogP contribution < -0.4 is 0 Å². The summed E-state index contributed by atoms with van der Waals surface area (Å²) in [7, 11) is 1.95. The number of benzene rings is 1. The molecule has 6 nitrogen and oxygen atoms in total. The average Bonchev–Trinajstić information content (AvgIpc) is 3.06. The molecule has 0 bridgehead atoms. The Kier molecular flexibility index (Phi) is 3.49. The van der Waals surface area contributed by atoms with Gasteiger partial charge < -0.3 is 8.98 Å². The van der Waals surface area contributed by atoms with Gasteiger partial charge in [0.1, 0.15) is 10.7 Å². The molecular formula is C14H11N3O3S. The van der Waals surface area contributed by atoms with Crippen LogP contribution in [0.4, 0.5) is 5.88 Å². The summed E-state index contributed by atoms with van der Waals surface area (Å²) in [5.41, 5.74) is 1.99. The third kappa shape index (κ3) is 2.68. The van der Waals surface area contributed by atoms with Crippen molar-refractivity contribution >= 4 is 34.8 Å². The van der Waals surface area contributed by atoms with Crippen molar-refractivity contribution < 1.29 is 9.34 Å². The first-order chi connectivity index (χ1) is 10.1. The minimum atomic E-state index is -0.560. The SMILES string of the molecule is Cn1c(S/C=C/c2ccc([N+](=O)[O-])o2)nc2ccccc21. The second-order valence-electron chi connectivity index (χ2n) is 4.30. The number of rotatable bonds is 4. The monoisotopic (exact) mass is 301 g/mol. The number of fused-ring (bicyclic) bond motifs is 1. The van der Waals surface area contributed by atoms with Gasteiger partial charge in [-0.25, -0.2) is 4.98 Å². The Morgan fingerprint density at radius 2 is 2.14 bits per heavy atom. The van der Waals surface area contributed by atoms with Gasteiger partial charge >= 0.3 is 5.88 Å². The second-order valence-corrected chi connectivity index (χ2v) is 5.17. The van der Waals surface area contributed by atoms with Gasteiger partial charge in [-0.05, 0) is 29.7 Å². The Hall–Kier alpha value is -2.54. The molecule has 0 amide bonds. The second kappa shape index (κ2) is 5.45. The molecule has 0 radical (unpaired) electrons. The van der Waals surface area contributed by atoms with Gasteiger partial charge in [-0.1, -0.05) is 23.9 Å². The Bertz CT molecular complexity index is 835. The van der Waals surface area contributed by atoms with Gasteiger partial charge in [0.15, 0.2) is 5.16 Å². The van der Waals surface area contributed by atoms with Gasteiger partial charge in [0.2, 0.25) is 0 Å². The highest BCUT2D eigenvalue weighted by atomic mass is 32.2. The molecule has 0 unspecified atom stereocenters. The molecule has 0 N–H and O–H groups in total. The van der Waals surface area contributed by atoms with Crippen LogP contribution in [0.5, 0.6) is 0 Å². The quantitative estimate of drug-likeness (QED) is 0.416. The number of nitrogens with zero attached hydrogens (tertiary/aromatic N) is 3. The molecule has 21 heavy (non-hydrogen) atoms. The van der Waals surface area contributed by atoms with Crippen molar-refractivity contribution in [3.05, 3.63) is 57.7 Å². The number of hydrogen-bond acceptors (Lipinski definition) is 5. The van der Waals surface area contributed by atoms with E-state index in [9.17, 15) is 10.1 Å². The molecule has 3 aromatic rings. The van der Waals surface area contributed by atoms with Crippen molar-refractivity contribution in [1.82, 2.24) is 9.55 Å². The molecule has 1 aromatic carbocycles. The van der Waals surface area contributed by atoms with E-state index in [1.54, 1.807) is 17.6 Å². The lowest BCUT2D eigenvalue weighted by molar-refractivity contribution is -0.402. The van der Waals surface area contributed by atoms with Crippen LogP contribution in [0.1, 0.15) is 5.76 Å². The van der Waals surface area contributed by atoms with Gasteiger partial charge in [-0.3, -0.25) is 10.1 Å². The Morgan fingerprint density at radius 1 is 1.33 bits per heavy atom. The fourth-order valence-corrected chi connectivity index (χ4v) is 2.65. The predicted octanol–water partition coefficient (Wildman–Crippen LogP) is 3.84. The van der Waals surface area contributed by atoms with E-state index in [-0.39, 0.29) is 5.88 Å². The van der Waals surface area contributed by atoms with E-state index in [4.69, 9.17) is 4.42 Å². The van der Waals surface area contributed by atoms with Crippen LogP contribution >= 0.6 is 11.8 Å². The van der Waals surface area contributed by atoms with E-state index in [1.807, 2.05) is 35.9 Å². The van der Waals surface area contributed by atoms with Gasteiger partial charge in [0.05, 0.1) is 17.1 Å². The standard InChI is InChI=1S/C14H11N3O3S/c1-16-12-5-3-2-4-11(12)15-14(16)21-9-8-10-6-7-13(20-10)17(18)19/h2-9H,1H3/b9-8+. The number of para-hydroxylation sites is 2. The highest BCUT2D eigenvalue weighted by Gasteiger charge is 2.10. The molecular weight excluding hydrogens is 290 g/mol. The molecule has 2 aromatic heterocycles. The summed E-state index contributed by atoms with van der Waals surface area (Å²) in [5.74, 6) is 0.176. The minimum absolute atomic E-state index is 0.262. The molecule has 2 heterocycles. The number of hydrogen-bond donors (Lipinski definition) is 0. The van der Waals surface area contributed by atoms with Gasteiger partial charge in [0.25, 0.3) is 0 Å². The lowest BCUT2D eigenvalue weighted by Crippen LogP contribution is -1.88. The van der Waals surface area contributed by atoms with Crippen LogP contribution in [0, 0.1) is 10.1 Å². The number of furan rings is 1. The smallest absolute Gasteiger partial charge is 0.401 e. The van der Waals surface area contributed by atoms with Crippen molar-refractivity contribution in [3.63, 3.8) is 0 Å². The van der Waals surface area contributed by atoms with E-state index in [0.717, 1.165) is 16.2 Å². The Morgan fingerprint density at radius 3 is 2.86 bits per heavy atom. The van der Waals surface area contributed by atoms with Gasteiger partial charge in [-0.2, -0.15) is 0 Å². The molecule has 0 aliphatic heterocycles. The number of imidazole rings is 1. The summed E-state index contributed by atoms with van der Waals surface area (Å²) < 4.78 is 7.04. The first kappa shape index (κ1) is 13.4. The van der Waals surface area contributed by atoms with Crippen molar-refractivity contribution in [2.75, 3.05) is 0 Å². The molecule has 0 saturated heterocycles. The summed E-state index contributed by atoms with van der Waals surface area (Å²) in [6.45, 7) is 0. The molecule has 3 rings (SSSR count). The maximum Gasteiger partial charge on any atom is 0.433 e. The first-order valence-electron chi connectivity index (χ1n) is 6.14. The summed E-state index contributed by atoms with van der Waals surface area (Å²) >= 11 is 1.43. The summed E-state index contributed by atoms with van der Waals surface area (Å²) in [5, 5.41) is 13.2. The lowest BCUT2D eigenvalue weighted by Gasteiger charge is -1.97. The van der Waals surface area contributed by atoms with Crippen LogP contribution in [-0.4, -0.2) is 14.5 Å². The molecule has 106 valence electrons. The topological polar surface area (TPSA) is 74.1 Å². The van der Waals surface area contributed by atoms with E-state index in [2.05, 4.69) is 4.98 Å². The maximum absolute atomic E-state index is 10.5. The van der Waals surface area contributed by atoms with Crippen LogP contribution in [0.3, 0.4) is 0 Å². The zero-order valence-corrected chi connectivity index (χ0v) is 11.9. The highest BCUT2D eigenvalue weighted by Crippen LogP contribution is 2.25. The van der Waals surface area contributed by atoms with Crippen LogP contribution in [-0.2, 0) is 7.05 Å². The predicted molar refractivity (Wildman–Crippen MR) is 81.0 cm³/mol. The summed E-state index contributed by atoms with van der Waals surface area (Å²) in [6, 6.07) is 10.8. The van der Waals surface area contributed by atoms with Crippen molar-refractivity contribution in [1.29, 1.82) is 0 Å². The third-order valence-corrected chi connectivity index (χ3v) is 3.79.